The van der Waals surface area contributed by atoms with Gasteiger partial charge in [0.05, 0.1) is 16.2 Å². The number of aliphatic hydroxyl groups excluding tert-OH is 1. The fourth-order valence-electron chi connectivity index (χ4n) is 3.96. The third kappa shape index (κ3) is 22.7. The van der Waals surface area contributed by atoms with Crippen LogP contribution in [0.3, 0.4) is 0 Å². The fourth-order valence-corrected chi connectivity index (χ4v) is 4.87. The molecule has 0 aliphatic carbocycles. The Bertz CT molecular complexity index is 442. The summed E-state index contributed by atoms with van der Waals surface area (Å²) >= 11 is 0. The van der Waals surface area contributed by atoms with Crippen LogP contribution < -0.4 is 51.4 Å². The van der Waals surface area contributed by atoms with E-state index in [0.29, 0.717) is 12.8 Å². The topological polar surface area (TPSA) is 77.4 Å². The summed E-state index contributed by atoms with van der Waals surface area (Å²) in [7, 11) is -4.17. The van der Waals surface area contributed by atoms with Crippen LogP contribution in [0.5, 0.6) is 0 Å². The molecule has 0 aliphatic heterocycles. The average molecular weight is 473 g/mol. The van der Waals surface area contributed by atoms with Crippen molar-refractivity contribution >= 4 is 10.1 Å². The van der Waals surface area contributed by atoms with Gasteiger partial charge in [0.25, 0.3) is 0 Å². The Morgan fingerprint density at radius 1 is 0.633 bits per heavy atom. The molecular weight excluding hydrogens is 423 g/mol. The van der Waals surface area contributed by atoms with Crippen LogP contribution in [0.25, 0.3) is 0 Å². The van der Waals surface area contributed by atoms with Gasteiger partial charge < -0.3 is 9.66 Å². The van der Waals surface area contributed by atoms with Gasteiger partial charge in [0.1, 0.15) is 0 Å². The quantitative estimate of drug-likeness (QED) is 0.146. The molecule has 2 unspecified atom stereocenters. The first-order valence-corrected chi connectivity index (χ1v) is 14.0. The van der Waals surface area contributed by atoms with Crippen LogP contribution in [-0.4, -0.2) is 29.4 Å². The minimum atomic E-state index is -4.17. The van der Waals surface area contributed by atoms with Gasteiger partial charge in [-0.05, 0) is 25.7 Å². The molecule has 0 saturated heterocycles. The van der Waals surface area contributed by atoms with Crippen LogP contribution in [0.15, 0.2) is 0 Å². The van der Waals surface area contributed by atoms with Gasteiger partial charge in [-0.25, -0.2) is 8.42 Å². The predicted molar refractivity (Wildman–Crippen MR) is 123 cm³/mol. The molecule has 0 aliphatic rings. The molecule has 0 amide bonds. The van der Waals surface area contributed by atoms with Crippen molar-refractivity contribution in [3.05, 3.63) is 0 Å². The molecule has 0 fully saturated rings. The van der Waals surface area contributed by atoms with E-state index in [2.05, 4.69) is 6.92 Å². The van der Waals surface area contributed by atoms with E-state index >= 15 is 0 Å². The minimum absolute atomic E-state index is 0. The van der Waals surface area contributed by atoms with E-state index in [0.717, 1.165) is 64.2 Å². The second kappa shape index (κ2) is 23.7. The standard InChI is InChI=1S/C24H50O4S.K/c1-3-5-6-7-8-9-10-11-12-15-18-21-24(29(26,27)28)22-19-16-13-14-17-20-23(25)4-2;/h23-25H,3-22H2,1-2H3,(H,26,27,28);/q;+1/p-1. The van der Waals surface area contributed by atoms with Crippen molar-refractivity contribution in [3.8, 4) is 0 Å². The number of unbranched alkanes of at least 4 members (excludes halogenated alkanes) is 14. The predicted octanol–water partition coefficient (Wildman–Crippen LogP) is 4.11. The zero-order valence-electron chi connectivity index (χ0n) is 20.4. The fraction of sp³-hybridized carbons (Fsp3) is 1.00. The normalized spacial score (nSPS) is 13.7. The van der Waals surface area contributed by atoms with Crippen molar-refractivity contribution in [3.63, 3.8) is 0 Å². The van der Waals surface area contributed by atoms with Crippen molar-refractivity contribution in [2.75, 3.05) is 0 Å². The number of aliphatic hydroxyl groups is 1. The molecule has 0 saturated carbocycles. The van der Waals surface area contributed by atoms with Crippen molar-refractivity contribution in [2.45, 2.75) is 154 Å². The monoisotopic (exact) mass is 472 g/mol. The molecule has 176 valence electrons. The van der Waals surface area contributed by atoms with E-state index in [9.17, 15) is 18.1 Å². The zero-order chi connectivity index (χ0) is 21.8. The summed E-state index contributed by atoms with van der Waals surface area (Å²) in [6.45, 7) is 4.23. The Morgan fingerprint density at radius 3 is 1.30 bits per heavy atom. The summed E-state index contributed by atoms with van der Waals surface area (Å²) in [4.78, 5) is 0. The Kier molecular flexibility index (Phi) is 26.6. The van der Waals surface area contributed by atoms with Gasteiger partial charge in [-0.3, -0.25) is 0 Å². The number of hydrogen-bond acceptors (Lipinski definition) is 4. The molecule has 30 heavy (non-hydrogen) atoms. The van der Waals surface area contributed by atoms with Crippen molar-refractivity contribution in [1.82, 2.24) is 0 Å². The summed E-state index contributed by atoms with van der Waals surface area (Å²) in [6, 6.07) is 0. The van der Waals surface area contributed by atoms with Crippen molar-refractivity contribution < 1.29 is 69.5 Å². The van der Waals surface area contributed by atoms with Crippen molar-refractivity contribution in [1.29, 1.82) is 0 Å². The van der Waals surface area contributed by atoms with Crippen LogP contribution in [0.4, 0.5) is 0 Å². The van der Waals surface area contributed by atoms with Crippen molar-refractivity contribution in [2.24, 2.45) is 0 Å². The number of hydrogen-bond donors (Lipinski definition) is 1. The average Bonchev–Trinajstić information content (AvgIpc) is 2.68. The van der Waals surface area contributed by atoms with Gasteiger partial charge in [-0.2, -0.15) is 0 Å². The molecule has 0 spiro atoms. The van der Waals surface area contributed by atoms with Crippen LogP contribution in [0, 0.1) is 0 Å². The maximum Gasteiger partial charge on any atom is 1.00 e. The van der Waals surface area contributed by atoms with E-state index in [1.165, 1.54) is 51.4 Å². The third-order valence-electron chi connectivity index (χ3n) is 6.07. The summed E-state index contributed by atoms with van der Waals surface area (Å²) < 4.78 is 34.6. The maximum atomic E-state index is 11.5. The first-order chi connectivity index (χ1) is 13.9. The molecule has 2 atom stereocenters. The Balaban J connectivity index is 0. The van der Waals surface area contributed by atoms with Gasteiger partial charge in [-0.1, -0.05) is 117 Å². The van der Waals surface area contributed by atoms with E-state index in [1.54, 1.807) is 0 Å². The van der Waals surface area contributed by atoms with Crippen LogP contribution in [0.1, 0.15) is 142 Å². The molecule has 0 aromatic carbocycles. The summed E-state index contributed by atoms with van der Waals surface area (Å²) in [5.41, 5.74) is 0. The smallest absolute Gasteiger partial charge is 0.748 e. The largest absolute Gasteiger partial charge is 1.00 e. The van der Waals surface area contributed by atoms with Crippen LogP contribution in [-0.2, 0) is 10.1 Å². The molecule has 0 rings (SSSR count). The Hall–Kier alpha value is 1.51. The second-order valence-corrected chi connectivity index (χ2v) is 10.5. The molecule has 0 aromatic rings. The molecule has 1 N–H and O–H groups in total. The summed E-state index contributed by atoms with van der Waals surface area (Å²) in [6.07, 6.45) is 21.1. The molecular formula is C24H49KO4S. The molecule has 0 bridgehead atoms. The first kappa shape index (κ1) is 33.7. The van der Waals surface area contributed by atoms with E-state index in [4.69, 9.17) is 0 Å². The minimum Gasteiger partial charge on any atom is -0.748 e. The molecule has 6 heteroatoms. The van der Waals surface area contributed by atoms with Gasteiger partial charge in [-0.15, -0.1) is 0 Å². The van der Waals surface area contributed by atoms with Gasteiger partial charge >= 0.3 is 51.4 Å². The van der Waals surface area contributed by atoms with Crippen LogP contribution in [0.2, 0.25) is 0 Å². The summed E-state index contributed by atoms with van der Waals surface area (Å²) in [5.74, 6) is 0. The third-order valence-corrected chi connectivity index (χ3v) is 7.36. The van der Waals surface area contributed by atoms with E-state index in [-0.39, 0.29) is 57.5 Å². The SMILES string of the molecule is CCCCCCCCCCCCCC(CCCCCCCC(O)CC)S(=O)(=O)[O-].[K+]. The zero-order valence-corrected chi connectivity index (χ0v) is 24.3. The van der Waals surface area contributed by atoms with E-state index < -0.39 is 15.4 Å². The molecule has 4 nitrogen and oxygen atoms in total. The summed E-state index contributed by atoms with van der Waals surface area (Å²) in [5, 5.41) is 8.83. The molecule has 0 radical (unpaired) electrons. The maximum absolute atomic E-state index is 11.5. The first-order valence-electron chi connectivity index (χ1n) is 12.5. The number of rotatable bonds is 22. The Morgan fingerprint density at radius 2 is 0.967 bits per heavy atom. The Labute approximate surface area is 230 Å². The molecule has 0 heterocycles. The second-order valence-electron chi connectivity index (χ2n) is 8.85. The van der Waals surface area contributed by atoms with Gasteiger partial charge in [0.15, 0.2) is 0 Å². The van der Waals surface area contributed by atoms with Gasteiger partial charge in [0, 0.05) is 5.25 Å². The van der Waals surface area contributed by atoms with Crippen LogP contribution >= 0.6 is 0 Å². The molecule has 0 aromatic heterocycles. The van der Waals surface area contributed by atoms with Gasteiger partial charge in [0.2, 0.25) is 0 Å². The van der Waals surface area contributed by atoms with E-state index in [1.807, 2.05) is 6.92 Å².